The first-order valence-corrected chi connectivity index (χ1v) is 19.0. The molecule has 2 heterocycles. The van der Waals surface area contributed by atoms with Gasteiger partial charge in [-0.25, -0.2) is 13.6 Å². The summed E-state index contributed by atoms with van der Waals surface area (Å²) in [6.45, 7) is 6.45. The average Bonchev–Trinajstić information content (AvgIpc) is 3.95. The quantitative estimate of drug-likeness (QED) is 0.113. The summed E-state index contributed by atoms with van der Waals surface area (Å²) in [5.74, 6) is -4.33. The van der Waals surface area contributed by atoms with E-state index in [-0.39, 0.29) is 24.6 Å². The molecular weight excluding hydrogens is 750 g/mol. The Morgan fingerprint density at radius 2 is 1.55 bits per heavy atom. The van der Waals surface area contributed by atoms with Crippen LogP contribution in [0, 0.1) is 24.4 Å². The highest BCUT2D eigenvalue weighted by molar-refractivity contribution is 6.68. The average molecular weight is 793 g/mol. The van der Waals surface area contributed by atoms with Crippen LogP contribution in [-0.2, 0) is 22.4 Å². The largest absolute Gasteiger partial charge is 0.488 e. The van der Waals surface area contributed by atoms with Gasteiger partial charge in [0, 0.05) is 31.2 Å². The van der Waals surface area contributed by atoms with Crippen LogP contribution in [0.1, 0.15) is 61.8 Å². The Kier molecular flexibility index (Phi) is 11.9. The lowest BCUT2D eigenvalue weighted by molar-refractivity contribution is -0.128. The zero-order valence-corrected chi connectivity index (χ0v) is 32.1. The van der Waals surface area contributed by atoms with Gasteiger partial charge in [0.25, 0.3) is 5.91 Å². The van der Waals surface area contributed by atoms with Crippen molar-refractivity contribution in [2.24, 2.45) is 0 Å². The molecule has 13 heteroatoms. The number of hydrogen-bond acceptors (Lipinski definition) is 5. The molecule has 6 rings (SSSR count). The van der Waals surface area contributed by atoms with Crippen molar-refractivity contribution in [3.8, 4) is 5.75 Å². The van der Waals surface area contributed by atoms with Gasteiger partial charge in [-0.15, -0.1) is 0 Å². The molecule has 2 bridgehead atoms. The summed E-state index contributed by atoms with van der Waals surface area (Å²) in [4.78, 5) is 32.4. The summed E-state index contributed by atoms with van der Waals surface area (Å²) in [7, 11) is 0. The predicted octanol–water partition coefficient (Wildman–Crippen LogP) is 8.74. The highest BCUT2D eigenvalue weighted by Gasteiger charge is 2.50. The van der Waals surface area contributed by atoms with E-state index in [0.29, 0.717) is 50.9 Å². The van der Waals surface area contributed by atoms with Crippen molar-refractivity contribution in [1.82, 2.24) is 15.1 Å². The van der Waals surface area contributed by atoms with Gasteiger partial charge in [0.2, 0.25) is 9.61 Å². The van der Waals surface area contributed by atoms with Crippen LogP contribution in [-0.4, -0.2) is 75.6 Å². The maximum absolute atomic E-state index is 14.9. The number of carbonyl (C=O) groups is 2. The Labute approximate surface area is 323 Å². The summed E-state index contributed by atoms with van der Waals surface area (Å²) in [6.07, 6.45) is 3.21. The van der Waals surface area contributed by atoms with E-state index < -0.39 is 44.7 Å². The zero-order valence-electron chi connectivity index (χ0n) is 29.9. The highest BCUT2D eigenvalue weighted by atomic mass is 35.6. The third-order valence-corrected chi connectivity index (χ3v) is 11.5. The number of ether oxygens (including phenoxy) is 2. The summed E-state index contributed by atoms with van der Waals surface area (Å²) in [6, 6.07) is 16.8. The van der Waals surface area contributed by atoms with Crippen LogP contribution >= 0.6 is 34.8 Å². The first-order valence-electron chi connectivity index (χ1n) is 17.9. The molecule has 0 radical (unpaired) electrons. The van der Waals surface area contributed by atoms with E-state index in [1.807, 2.05) is 36.1 Å². The van der Waals surface area contributed by atoms with Crippen molar-refractivity contribution >= 4 is 52.4 Å². The van der Waals surface area contributed by atoms with Crippen LogP contribution in [0.5, 0.6) is 5.75 Å². The molecule has 3 aliphatic rings. The molecular formula is C40H43Cl3F3N3O4. The fraction of sp³-hybridized carbons (Fsp3) is 0.450. The maximum Gasteiger partial charge on any atom is 0.411 e. The Bertz CT molecular complexity index is 1850. The molecule has 1 saturated carbocycles. The van der Waals surface area contributed by atoms with Gasteiger partial charge < -0.3 is 19.7 Å². The molecule has 3 aromatic carbocycles. The SMILES string of the molecule is Cc1ccc(CCN(C(=O)C2=C(c3ccc(CCCOc4c(F)ccc(F)c4F)cc3)CC3CNC[C@H]2N3C(=O)OC(C)(C)C(Cl)(Cl)Cl)C2CC2)cc1. The predicted molar refractivity (Wildman–Crippen MR) is 201 cm³/mol. The fourth-order valence-corrected chi connectivity index (χ4v) is 7.02. The van der Waals surface area contributed by atoms with Crippen LogP contribution in [0.15, 0.2) is 66.2 Å². The van der Waals surface area contributed by atoms with E-state index in [1.165, 1.54) is 19.4 Å². The highest BCUT2D eigenvalue weighted by Crippen LogP contribution is 2.43. The number of fused-ring (bicyclic) bond motifs is 2. The van der Waals surface area contributed by atoms with E-state index in [9.17, 15) is 22.8 Å². The summed E-state index contributed by atoms with van der Waals surface area (Å²) >= 11 is 18.6. The normalized spacial score (nSPS) is 18.9. The van der Waals surface area contributed by atoms with Gasteiger partial charge >= 0.3 is 6.09 Å². The van der Waals surface area contributed by atoms with E-state index >= 15 is 0 Å². The molecule has 2 aliphatic heterocycles. The molecule has 2 amide bonds. The van der Waals surface area contributed by atoms with Crippen molar-refractivity contribution < 1.29 is 32.2 Å². The molecule has 1 saturated heterocycles. The molecule has 7 nitrogen and oxygen atoms in total. The Hall–Kier alpha value is -3.44. The standard InChI is InChI=1S/C40H43Cl3F3N3O4/c1-24-6-8-26(9-7-24)18-19-48(28-14-15-28)37(50)34-30(21-29-22-47-23-33(34)49(29)38(51)53-39(2,3)40(41,42)43)27-12-10-25(11-13-27)5-4-20-52-36-32(45)17-16-31(44)35(36)46/h6-13,16-17,28-29,33,47H,4-5,14-15,18-23H2,1-3H3/t29?,33-/m1/s1. The lowest BCUT2D eigenvalue weighted by atomic mass is 9.81. The number of carbonyl (C=O) groups excluding carboxylic acids is 2. The van der Waals surface area contributed by atoms with Crippen LogP contribution in [0.3, 0.4) is 0 Å². The summed E-state index contributed by atoms with van der Waals surface area (Å²) in [5.41, 5.74) is 4.06. The van der Waals surface area contributed by atoms with Crippen molar-refractivity contribution in [1.29, 1.82) is 0 Å². The van der Waals surface area contributed by atoms with E-state index in [4.69, 9.17) is 44.3 Å². The monoisotopic (exact) mass is 791 g/mol. The van der Waals surface area contributed by atoms with Crippen LogP contribution in [0.4, 0.5) is 18.0 Å². The minimum atomic E-state index is -1.88. The third kappa shape index (κ3) is 8.93. The maximum atomic E-state index is 14.9. The smallest absolute Gasteiger partial charge is 0.411 e. The second-order valence-corrected chi connectivity index (χ2v) is 16.8. The number of piperazine rings is 1. The van der Waals surface area contributed by atoms with Gasteiger partial charge in [0.15, 0.2) is 23.0 Å². The molecule has 284 valence electrons. The summed E-state index contributed by atoms with van der Waals surface area (Å²) in [5, 5.41) is 3.42. The van der Waals surface area contributed by atoms with Gasteiger partial charge in [-0.3, -0.25) is 9.69 Å². The van der Waals surface area contributed by atoms with Crippen LogP contribution in [0.25, 0.3) is 5.57 Å². The number of nitrogens with zero attached hydrogens (tertiary/aromatic N) is 2. The lowest BCUT2D eigenvalue weighted by Gasteiger charge is -2.48. The molecule has 3 aromatic rings. The van der Waals surface area contributed by atoms with Crippen molar-refractivity contribution in [2.75, 3.05) is 26.2 Å². The topological polar surface area (TPSA) is 71.1 Å². The fourth-order valence-electron chi connectivity index (χ4n) is 6.91. The molecule has 1 unspecified atom stereocenters. The van der Waals surface area contributed by atoms with Gasteiger partial charge in [0.1, 0.15) is 0 Å². The number of aryl methyl sites for hydroxylation is 2. The molecule has 53 heavy (non-hydrogen) atoms. The van der Waals surface area contributed by atoms with E-state index in [0.717, 1.165) is 47.2 Å². The molecule has 2 fully saturated rings. The van der Waals surface area contributed by atoms with E-state index in [2.05, 4.69) is 29.6 Å². The van der Waals surface area contributed by atoms with Crippen molar-refractivity contribution in [3.63, 3.8) is 0 Å². The first-order chi connectivity index (χ1) is 25.1. The second-order valence-electron chi connectivity index (χ2n) is 14.5. The molecule has 1 N–H and O–H groups in total. The minimum absolute atomic E-state index is 0.0141. The number of benzene rings is 3. The van der Waals surface area contributed by atoms with Crippen LogP contribution < -0.4 is 10.1 Å². The first kappa shape index (κ1) is 39.3. The number of halogens is 6. The minimum Gasteiger partial charge on any atom is -0.488 e. The second kappa shape index (κ2) is 16.1. The van der Waals surface area contributed by atoms with Gasteiger partial charge in [-0.05, 0) is 93.7 Å². The van der Waals surface area contributed by atoms with Crippen LogP contribution in [0.2, 0.25) is 0 Å². The van der Waals surface area contributed by atoms with Gasteiger partial charge in [0.05, 0.1) is 18.7 Å². The number of hydrogen-bond donors (Lipinski definition) is 1. The molecule has 0 spiro atoms. The number of amides is 2. The van der Waals surface area contributed by atoms with E-state index in [1.54, 1.807) is 4.90 Å². The lowest BCUT2D eigenvalue weighted by Crippen LogP contribution is -2.64. The van der Waals surface area contributed by atoms with Crippen molar-refractivity contribution in [3.05, 3.63) is 106 Å². The number of alkyl halides is 3. The Morgan fingerprint density at radius 3 is 2.21 bits per heavy atom. The molecule has 1 aliphatic carbocycles. The third-order valence-electron chi connectivity index (χ3n) is 10.2. The van der Waals surface area contributed by atoms with Gasteiger partial charge in [-0.2, -0.15) is 4.39 Å². The number of nitrogens with one attached hydrogen (secondary N) is 1. The Balaban J connectivity index is 1.27. The summed E-state index contributed by atoms with van der Waals surface area (Å²) < 4.78 is 50.7. The zero-order chi connectivity index (χ0) is 38.1. The van der Waals surface area contributed by atoms with Crippen molar-refractivity contribution in [2.45, 2.75) is 86.8 Å². The number of rotatable bonds is 12. The van der Waals surface area contributed by atoms with Gasteiger partial charge in [-0.1, -0.05) is 88.9 Å². The molecule has 2 atom stereocenters. The molecule has 0 aromatic heterocycles. The Morgan fingerprint density at radius 1 is 0.906 bits per heavy atom.